The van der Waals surface area contributed by atoms with Gasteiger partial charge in [0.1, 0.15) is 11.6 Å². The minimum absolute atomic E-state index is 0.0157. The van der Waals surface area contributed by atoms with Crippen molar-refractivity contribution in [1.29, 1.82) is 0 Å². The molecule has 2 unspecified atom stereocenters. The van der Waals surface area contributed by atoms with Gasteiger partial charge in [-0.1, -0.05) is 44.9 Å². The quantitative estimate of drug-likeness (QED) is 0.550. The lowest BCUT2D eigenvalue weighted by Gasteiger charge is -2.25. The third kappa shape index (κ3) is 9.67. The zero-order valence-corrected chi connectivity index (χ0v) is 18.3. The fraction of sp³-hybridized carbons (Fsp3) is 0.864. The minimum atomic E-state index is -0.981. The molecule has 0 radical (unpaired) electrons. The largest absolute Gasteiger partial charge is 0.460 e. The van der Waals surface area contributed by atoms with Gasteiger partial charge in [0.25, 0.3) is 0 Å². The lowest BCUT2D eigenvalue weighted by Crippen LogP contribution is -2.49. The summed E-state index contributed by atoms with van der Waals surface area (Å²) in [6.45, 7) is 8.19. The second-order valence-corrected chi connectivity index (χ2v) is 9.26. The number of hydrogen-bond donors (Lipinski definition) is 2. The summed E-state index contributed by atoms with van der Waals surface area (Å²) in [6, 6.07) is -0.952. The minimum Gasteiger partial charge on any atom is -0.460 e. The smallest absolute Gasteiger partial charge is 0.307 e. The summed E-state index contributed by atoms with van der Waals surface area (Å²) in [5.74, 6) is -0.931. The van der Waals surface area contributed by atoms with E-state index in [9.17, 15) is 19.5 Å². The van der Waals surface area contributed by atoms with Crippen LogP contribution in [0.4, 0.5) is 0 Å². The second kappa shape index (κ2) is 11.5. The molecule has 2 N–H and O–H groups in total. The molecule has 0 aliphatic heterocycles. The molecule has 1 saturated carbocycles. The fourth-order valence-electron chi connectivity index (χ4n) is 3.87. The number of aliphatic hydroxyl groups is 1. The summed E-state index contributed by atoms with van der Waals surface area (Å²) >= 11 is 0. The SMILES string of the molecule is CC(=O)C(NC(=O)[C@H](CCCC1CCCCC1)CC(=O)OC(C)(C)C)C(C)O. The first-order valence-corrected chi connectivity index (χ1v) is 10.7. The van der Waals surface area contributed by atoms with E-state index in [0.29, 0.717) is 12.3 Å². The molecule has 0 spiro atoms. The van der Waals surface area contributed by atoms with Crippen molar-refractivity contribution in [3.05, 3.63) is 0 Å². The third-order valence-corrected chi connectivity index (χ3v) is 5.31. The van der Waals surface area contributed by atoms with Crippen molar-refractivity contribution in [3.63, 3.8) is 0 Å². The maximum atomic E-state index is 12.8. The van der Waals surface area contributed by atoms with Crippen LogP contribution in [0.1, 0.15) is 92.4 Å². The highest BCUT2D eigenvalue weighted by Crippen LogP contribution is 2.29. The Hall–Kier alpha value is -1.43. The van der Waals surface area contributed by atoms with Crippen LogP contribution in [0.5, 0.6) is 0 Å². The summed E-state index contributed by atoms with van der Waals surface area (Å²) in [5, 5.41) is 12.4. The van der Waals surface area contributed by atoms with E-state index >= 15 is 0 Å². The van der Waals surface area contributed by atoms with Crippen molar-refractivity contribution < 1.29 is 24.2 Å². The molecular weight excluding hydrogens is 358 g/mol. The lowest BCUT2D eigenvalue weighted by molar-refractivity contribution is -0.157. The molecule has 1 amide bonds. The van der Waals surface area contributed by atoms with Crippen LogP contribution in [-0.4, -0.2) is 40.5 Å². The van der Waals surface area contributed by atoms with Crippen LogP contribution in [0.15, 0.2) is 0 Å². The summed E-state index contributed by atoms with van der Waals surface area (Å²) in [7, 11) is 0. The molecule has 6 heteroatoms. The van der Waals surface area contributed by atoms with Gasteiger partial charge in [0.05, 0.1) is 12.5 Å². The Labute approximate surface area is 169 Å². The average molecular weight is 398 g/mol. The van der Waals surface area contributed by atoms with Gasteiger partial charge in [-0.05, 0) is 47.0 Å². The van der Waals surface area contributed by atoms with Crippen LogP contribution in [0.25, 0.3) is 0 Å². The van der Waals surface area contributed by atoms with Crippen molar-refractivity contribution in [2.45, 2.75) is 110 Å². The molecule has 0 aromatic heterocycles. The van der Waals surface area contributed by atoms with Crippen LogP contribution < -0.4 is 5.32 Å². The molecule has 162 valence electrons. The van der Waals surface area contributed by atoms with Gasteiger partial charge < -0.3 is 15.2 Å². The Balaban J connectivity index is 2.70. The number of esters is 1. The molecule has 0 saturated heterocycles. The predicted octanol–water partition coefficient (Wildman–Crippen LogP) is 3.54. The number of rotatable bonds is 10. The Bertz CT molecular complexity index is 518. The van der Waals surface area contributed by atoms with Crippen LogP contribution in [0, 0.1) is 11.8 Å². The Kier molecular flexibility index (Phi) is 10.1. The Morgan fingerprint density at radius 3 is 2.25 bits per heavy atom. The number of ether oxygens (including phenoxy) is 1. The van der Waals surface area contributed by atoms with E-state index in [4.69, 9.17) is 4.74 Å². The Morgan fingerprint density at radius 2 is 1.75 bits per heavy atom. The van der Waals surface area contributed by atoms with E-state index in [0.717, 1.165) is 12.8 Å². The number of hydrogen-bond acceptors (Lipinski definition) is 5. The number of ketones is 1. The van der Waals surface area contributed by atoms with Gasteiger partial charge in [-0.25, -0.2) is 0 Å². The summed E-state index contributed by atoms with van der Waals surface area (Å²) in [4.78, 5) is 36.7. The molecule has 0 heterocycles. The molecule has 1 fully saturated rings. The summed E-state index contributed by atoms with van der Waals surface area (Å²) < 4.78 is 5.38. The molecule has 6 nitrogen and oxygen atoms in total. The molecule has 28 heavy (non-hydrogen) atoms. The molecule has 1 rings (SSSR count). The number of carbonyl (C=O) groups is 3. The molecule has 0 aromatic rings. The monoisotopic (exact) mass is 397 g/mol. The predicted molar refractivity (Wildman–Crippen MR) is 109 cm³/mol. The molecule has 0 aromatic carbocycles. The van der Waals surface area contributed by atoms with Gasteiger partial charge in [-0.3, -0.25) is 14.4 Å². The lowest BCUT2D eigenvalue weighted by atomic mass is 9.84. The molecule has 3 atom stereocenters. The van der Waals surface area contributed by atoms with Crippen LogP contribution in [0.3, 0.4) is 0 Å². The molecule has 0 bridgehead atoms. The fourth-order valence-corrected chi connectivity index (χ4v) is 3.87. The van der Waals surface area contributed by atoms with Gasteiger partial charge in [-0.15, -0.1) is 0 Å². The molecule has 1 aliphatic rings. The van der Waals surface area contributed by atoms with Crippen molar-refractivity contribution in [2.75, 3.05) is 0 Å². The third-order valence-electron chi connectivity index (χ3n) is 5.31. The summed E-state index contributed by atoms with van der Waals surface area (Å²) in [5.41, 5.74) is -0.609. The zero-order chi connectivity index (χ0) is 21.3. The van der Waals surface area contributed by atoms with Gasteiger partial charge in [0.2, 0.25) is 5.91 Å². The maximum absolute atomic E-state index is 12.8. The highest BCUT2D eigenvalue weighted by Gasteiger charge is 2.29. The number of aliphatic hydroxyl groups excluding tert-OH is 1. The van der Waals surface area contributed by atoms with E-state index in [2.05, 4.69) is 5.32 Å². The Morgan fingerprint density at radius 1 is 1.14 bits per heavy atom. The first-order chi connectivity index (χ1) is 13.0. The van der Waals surface area contributed by atoms with Gasteiger partial charge in [-0.2, -0.15) is 0 Å². The number of carbonyl (C=O) groups excluding carboxylic acids is 3. The first kappa shape index (κ1) is 24.6. The first-order valence-electron chi connectivity index (χ1n) is 10.7. The maximum Gasteiger partial charge on any atom is 0.307 e. The standard InChI is InChI=1S/C22H39NO5/c1-15(24)20(16(2)25)23-21(27)18(14-19(26)28-22(3,4)5)13-9-12-17-10-7-6-8-11-17/h15,17-18,20,24H,6-14H2,1-5H3,(H,23,27)/t15?,18-,20?/m1/s1. The van der Waals surface area contributed by atoms with Gasteiger partial charge in [0.15, 0.2) is 5.78 Å². The van der Waals surface area contributed by atoms with Gasteiger partial charge >= 0.3 is 5.97 Å². The molecular formula is C22H39NO5. The molecule has 1 aliphatic carbocycles. The highest BCUT2D eigenvalue weighted by atomic mass is 16.6. The number of nitrogens with one attached hydrogen (secondary N) is 1. The average Bonchev–Trinajstić information content (AvgIpc) is 2.57. The van der Waals surface area contributed by atoms with Crippen LogP contribution in [-0.2, 0) is 19.1 Å². The van der Waals surface area contributed by atoms with E-state index in [-0.39, 0.29) is 18.1 Å². The van der Waals surface area contributed by atoms with Crippen molar-refractivity contribution in [1.82, 2.24) is 5.32 Å². The van der Waals surface area contributed by atoms with Crippen LogP contribution in [0.2, 0.25) is 0 Å². The normalized spacial score (nSPS) is 18.8. The van der Waals surface area contributed by atoms with E-state index < -0.39 is 29.6 Å². The van der Waals surface area contributed by atoms with Crippen molar-refractivity contribution in [3.8, 4) is 0 Å². The topological polar surface area (TPSA) is 92.7 Å². The number of Topliss-reactive ketones (excluding diaryl/α,β-unsaturated/α-hetero) is 1. The van der Waals surface area contributed by atoms with Crippen molar-refractivity contribution in [2.24, 2.45) is 11.8 Å². The van der Waals surface area contributed by atoms with E-state index in [1.54, 1.807) is 20.8 Å². The number of amides is 1. The van der Waals surface area contributed by atoms with E-state index in [1.807, 2.05) is 0 Å². The van der Waals surface area contributed by atoms with E-state index in [1.165, 1.54) is 46.0 Å². The van der Waals surface area contributed by atoms with Gasteiger partial charge in [0, 0.05) is 5.92 Å². The van der Waals surface area contributed by atoms with Crippen molar-refractivity contribution >= 4 is 17.7 Å². The zero-order valence-electron chi connectivity index (χ0n) is 18.3. The highest BCUT2D eigenvalue weighted by molar-refractivity contribution is 5.90. The summed E-state index contributed by atoms with van der Waals surface area (Å²) in [6.07, 6.45) is 7.87. The van der Waals surface area contributed by atoms with Crippen LogP contribution >= 0.6 is 0 Å². The second-order valence-electron chi connectivity index (χ2n) is 9.26.